The number of aromatic nitrogens is 2. The van der Waals surface area contributed by atoms with Crippen molar-refractivity contribution in [3.05, 3.63) is 59.9 Å². The molecule has 1 N–H and O–H groups in total. The molecular weight excluding hydrogens is 362 g/mol. The van der Waals surface area contributed by atoms with Crippen molar-refractivity contribution in [2.24, 2.45) is 0 Å². The van der Waals surface area contributed by atoms with Gasteiger partial charge in [-0.3, -0.25) is 4.79 Å². The van der Waals surface area contributed by atoms with Gasteiger partial charge in [-0.1, -0.05) is 36.8 Å². The van der Waals surface area contributed by atoms with Gasteiger partial charge in [0, 0.05) is 13.0 Å². The predicted molar refractivity (Wildman–Crippen MR) is 117 cm³/mol. The van der Waals surface area contributed by atoms with Crippen molar-refractivity contribution >= 4 is 16.9 Å². The van der Waals surface area contributed by atoms with Gasteiger partial charge in [-0.15, -0.1) is 0 Å². The van der Waals surface area contributed by atoms with E-state index in [1.165, 1.54) is 5.56 Å². The highest BCUT2D eigenvalue weighted by Gasteiger charge is 2.17. The van der Waals surface area contributed by atoms with Gasteiger partial charge in [0.1, 0.15) is 11.6 Å². The smallest absolute Gasteiger partial charge is 0.220 e. The van der Waals surface area contributed by atoms with Crippen molar-refractivity contribution in [3.8, 4) is 5.75 Å². The van der Waals surface area contributed by atoms with Gasteiger partial charge in [0.2, 0.25) is 5.91 Å². The van der Waals surface area contributed by atoms with Crippen LogP contribution in [0.15, 0.2) is 48.5 Å². The maximum atomic E-state index is 12.0. The first-order valence-corrected chi connectivity index (χ1v) is 10.5. The Morgan fingerprint density at radius 2 is 1.90 bits per heavy atom. The molecule has 1 unspecified atom stereocenters. The molecule has 5 heteroatoms. The minimum absolute atomic E-state index is 0.0742. The number of rotatable bonds is 10. The molecule has 0 aliphatic carbocycles. The highest BCUT2D eigenvalue weighted by molar-refractivity contribution is 5.78. The first-order valence-electron chi connectivity index (χ1n) is 10.5. The molecule has 0 bridgehead atoms. The van der Waals surface area contributed by atoms with Crippen LogP contribution >= 0.6 is 0 Å². The molecule has 1 aromatic heterocycles. The van der Waals surface area contributed by atoms with Gasteiger partial charge >= 0.3 is 0 Å². The molecule has 0 spiro atoms. The minimum atomic E-state index is -0.120. The number of unbranched alkanes of at least 4 members (excludes halogenated alkanes) is 1. The van der Waals surface area contributed by atoms with Crippen molar-refractivity contribution in [2.75, 3.05) is 6.61 Å². The van der Waals surface area contributed by atoms with Gasteiger partial charge in [0.25, 0.3) is 0 Å². The monoisotopic (exact) mass is 393 g/mol. The number of carbonyl (C=O) groups is 1. The zero-order chi connectivity index (χ0) is 20.6. The van der Waals surface area contributed by atoms with Crippen molar-refractivity contribution in [1.82, 2.24) is 14.9 Å². The number of aryl methyl sites for hydroxylation is 2. The Bertz CT molecular complexity index is 931. The SMILES string of the molecule is CCCC(=O)NC(C)c1nc2ccccc2n1CCCCOc1ccc(C)cc1. The van der Waals surface area contributed by atoms with E-state index in [9.17, 15) is 4.79 Å². The molecule has 0 saturated carbocycles. The number of nitrogens with one attached hydrogen (secondary N) is 1. The summed E-state index contributed by atoms with van der Waals surface area (Å²) in [5.41, 5.74) is 3.31. The number of nitrogens with zero attached hydrogens (tertiary/aromatic N) is 2. The van der Waals surface area contributed by atoms with Crippen molar-refractivity contribution in [3.63, 3.8) is 0 Å². The highest BCUT2D eigenvalue weighted by atomic mass is 16.5. The first kappa shape index (κ1) is 20.9. The molecule has 0 aliphatic heterocycles. The Morgan fingerprint density at radius 1 is 1.14 bits per heavy atom. The Labute approximate surface area is 173 Å². The lowest BCUT2D eigenvalue weighted by molar-refractivity contribution is -0.121. The van der Waals surface area contributed by atoms with Crippen LogP contribution in [0.4, 0.5) is 0 Å². The minimum Gasteiger partial charge on any atom is -0.494 e. The maximum absolute atomic E-state index is 12.0. The quantitative estimate of drug-likeness (QED) is 0.483. The van der Waals surface area contributed by atoms with Crippen LogP contribution in [0.3, 0.4) is 0 Å². The van der Waals surface area contributed by atoms with E-state index in [4.69, 9.17) is 9.72 Å². The maximum Gasteiger partial charge on any atom is 0.220 e. The van der Waals surface area contributed by atoms with Crippen LogP contribution in [0.5, 0.6) is 5.75 Å². The molecule has 1 amide bonds. The van der Waals surface area contributed by atoms with E-state index >= 15 is 0 Å². The molecule has 5 nitrogen and oxygen atoms in total. The van der Waals surface area contributed by atoms with Gasteiger partial charge in [-0.05, 0) is 57.4 Å². The van der Waals surface area contributed by atoms with E-state index in [0.29, 0.717) is 13.0 Å². The zero-order valence-corrected chi connectivity index (χ0v) is 17.6. The average molecular weight is 394 g/mol. The summed E-state index contributed by atoms with van der Waals surface area (Å²) >= 11 is 0. The molecule has 3 rings (SSSR count). The van der Waals surface area contributed by atoms with Crippen LogP contribution in [-0.2, 0) is 11.3 Å². The molecule has 29 heavy (non-hydrogen) atoms. The second-order valence-corrected chi connectivity index (χ2v) is 7.52. The summed E-state index contributed by atoms with van der Waals surface area (Å²) in [6.07, 6.45) is 3.32. The number of hydrogen-bond acceptors (Lipinski definition) is 3. The number of para-hydroxylation sites is 2. The van der Waals surface area contributed by atoms with E-state index in [1.54, 1.807) is 0 Å². The topological polar surface area (TPSA) is 56.2 Å². The molecule has 1 atom stereocenters. The van der Waals surface area contributed by atoms with Gasteiger partial charge in [-0.25, -0.2) is 4.98 Å². The number of ether oxygens (including phenoxy) is 1. The number of carbonyl (C=O) groups excluding carboxylic acids is 1. The predicted octanol–water partition coefficient (Wildman–Crippen LogP) is 5.18. The number of imidazole rings is 1. The molecule has 2 aromatic carbocycles. The van der Waals surface area contributed by atoms with E-state index < -0.39 is 0 Å². The van der Waals surface area contributed by atoms with Crippen LogP contribution in [0, 0.1) is 6.92 Å². The third kappa shape index (κ3) is 5.59. The third-order valence-corrected chi connectivity index (χ3v) is 4.99. The Kier molecular flexibility index (Phi) is 7.28. The summed E-state index contributed by atoms with van der Waals surface area (Å²) in [6, 6.07) is 16.2. The molecule has 1 heterocycles. The van der Waals surface area contributed by atoms with Crippen molar-refractivity contribution in [2.45, 2.75) is 59.0 Å². The zero-order valence-electron chi connectivity index (χ0n) is 17.6. The number of amides is 1. The summed E-state index contributed by atoms with van der Waals surface area (Å²) in [6.45, 7) is 7.63. The van der Waals surface area contributed by atoms with E-state index in [0.717, 1.165) is 48.4 Å². The second kappa shape index (κ2) is 10.1. The Hall–Kier alpha value is -2.82. The van der Waals surface area contributed by atoms with E-state index in [-0.39, 0.29) is 11.9 Å². The summed E-state index contributed by atoms with van der Waals surface area (Å²) in [5, 5.41) is 3.08. The highest BCUT2D eigenvalue weighted by Crippen LogP contribution is 2.22. The molecule has 0 aliphatic rings. The second-order valence-electron chi connectivity index (χ2n) is 7.52. The van der Waals surface area contributed by atoms with Crippen molar-refractivity contribution in [1.29, 1.82) is 0 Å². The average Bonchev–Trinajstić information content (AvgIpc) is 3.08. The van der Waals surface area contributed by atoms with E-state index in [2.05, 4.69) is 35.0 Å². The third-order valence-electron chi connectivity index (χ3n) is 4.99. The van der Waals surface area contributed by atoms with Crippen molar-refractivity contribution < 1.29 is 9.53 Å². The lowest BCUT2D eigenvalue weighted by atomic mass is 10.2. The van der Waals surface area contributed by atoms with Crippen LogP contribution < -0.4 is 10.1 Å². The lowest BCUT2D eigenvalue weighted by Crippen LogP contribution is -2.28. The van der Waals surface area contributed by atoms with E-state index in [1.807, 2.05) is 44.2 Å². The number of fused-ring (bicyclic) bond motifs is 1. The fraction of sp³-hybridized carbons (Fsp3) is 0.417. The van der Waals surface area contributed by atoms with Crippen LogP contribution in [0.1, 0.15) is 57.0 Å². The molecule has 0 fully saturated rings. The Morgan fingerprint density at radius 3 is 2.66 bits per heavy atom. The largest absolute Gasteiger partial charge is 0.494 e. The molecule has 3 aromatic rings. The Balaban J connectivity index is 1.62. The van der Waals surface area contributed by atoms with Gasteiger partial charge in [0.15, 0.2) is 0 Å². The molecule has 154 valence electrons. The fourth-order valence-electron chi connectivity index (χ4n) is 3.46. The summed E-state index contributed by atoms with van der Waals surface area (Å²) in [7, 11) is 0. The first-order chi connectivity index (χ1) is 14.1. The molecule has 0 saturated heterocycles. The number of benzene rings is 2. The van der Waals surface area contributed by atoms with Crippen LogP contribution in [-0.4, -0.2) is 22.1 Å². The molecular formula is C24H31N3O2. The summed E-state index contributed by atoms with van der Waals surface area (Å²) in [4.78, 5) is 16.8. The van der Waals surface area contributed by atoms with Gasteiger partial charge in [-0.2, -0.15) is 0 Å². The lowest BCUT2D eigenvalue weighted by Gasteiger charge is -2.16. The van der Waals surface area contributed by atoms with Crippen LogP contribution in [0.2, 0.25) is 0 Å². The summed E-state index contributed by atoms with van der Waals surface area (Å²) in [5.74, 6) is 1.90. The van der Waals surface area contributed by atoms with Gasteiger partial charge < -0.3 is 14.6 Å². The normalized spacial score (nSPS) is 12.1. The molecule has 0 radical (unpaired) electrons. The van der Waals surface area contributed by atoms with Crippen LogP contribution in [0.25, 0.3) is 11.0 Å². The standard InChI is InChI=1S/C24H31N3O2/c1-4-9-23(28)25-19(3)24-26-21-10-5-6-11-22(21)27(24)16-7-8-17-29-20-14-12-18(2)13-15-20/h5-6,10-15,19H,4,7-9,16-17H2,1-3H3,(H,25,28). The fourth-order valence-corrected chi connectivity index (χ4v) is 3.46. The summed E-state index contributed by atoms with van der Waals surface area (Å²) < 4.78 is 8.08. The number of hydrogen-bond donors (Lipinski definition) is 1. The van der Waals surface area contributed by atoms with Gasteiger partial charge in [0.05, 0.1) is 23.7 Å².